The van der Waals surface area contributed by atoms with Crippen molar-refractivity contribution in [2.75, 3.05) is 6.54 Å². The number of nitrogens with one attached hydrogen (secondary N) is 2. The van der Waals surface area contributed by atoms with Gasteiger partial charge in [-0.3, -0.25) is 0 Å². The van der Waals surface area contributed by atoms with Crippen molar-refractivity contribution in [1.82, 2.24) is 10.6 Å². The van der Waals surface area contributed by atoms with Gasteiger partial charge in [-0.2, -0.15) is 0 Å². The number of nitrogens with two attached hydrogens (primary N) is 1. The normalized spacial score (nSPS) is 13.3. The minimum atomic E-state index is -3.70. The molecule has 0 aliphatic heterocycles. The van der Waals surface area contributed by atoms with Crippen molar-refractivity contribution in [1.29, 1.82) is 0 Å². The van der Waals surface area contributed by atoms with Crippen LogP contribution < -0.4 is 15.8 Å². The molecule has 8 heteroatoms. The molecule has 0 amide bonds. The lowest BCUT2D eigenvalue weighted by atomic mass is 10.1. The zero-order chi connectivity index (χ0) is 20.0. The third kappa shape index (κ3) is 6.04. The van der Waals surface area contributed by atoms with Crippen molar-refractivity contribution in [3.63, 3.8) is 0 Å². The number of halogens is 1. The average Bonchev–Trinajstić information content (AvgIpc) is 2.61. The number of nitrogens with zero attached hydrogens (tertiary/aromatic N) is 1. The summed E-state index contributed by atoms with van der Waals surface area (Å²) in [5, 5.41) is 11.5. The van der Waals surface area contributed by atoms with Crippen molar-refractivity contribution < 1.29 is 12.8 Å². The van der Waals surface area contributed by atoms with Crippen LogP contribution in [0.25, 0.3) is 0 Å². The van der Waals surface area contributed by atoms with E-state index >= 15 is 0 Å². The molecule has 2 aromatic carbocycles. The second kappa shape index (κ2) is 8.96. The van der Waals surface area contributed by atoms with Gasteiger partial charge in [-0.1, -0.05) is 24.3 Å². The SMILES string of the molecule is CCNC(=NCc1ccc(S(N)(=O)=O)cc1)NC(C)c1ccc(C)c(F)c1. The van der Waals surface area contributed by atoms with Crippen molar-refractivity contribution >= 4 is 16.0 Å². The number of primary sulfonamides is 1. The molecule has 4 N–H and O–H groups in total. The smallest absolute Gasteiger partial charge is 0.238 e. The largest absolute Gasteiger partial charge is 0.357 e. The zero-order valence-electron chi connectivity index (χ0n) is 15.7. The molecule has 0 spiro atoms. The number of hydrogen-bond acceptors (Lipinski definition) is 3. The van der Waals surface area contributed by atoms with Crippen molar-refractivity contribution in [3.8, 4) is 0 Å². The third-order valence-corrected chi connectivity index (χ3v) is 4.99. The number of sulfonamides is 1. The van der Waals surface area contributed by atoms with E-state index in [4.69, 9.17) is 5.14 Å². The monoisotopic (exact) mass is 392 g/mol. The number of hydrogen-bond donors (Lipinski definition) is 3. The molecule has 1 atom stereocenters. The molecule has 0 aliphatic rings. The standard InChI is InChI=1S/C19H25FN4O2S/c1-4-22-19(24-14(3)16-8-5-13(2)18(20)11-16)23-12-15-6-9-17(10-7-15)27(21,25)26/h5-11,14H,4,12H2,1-3H3,(H2,21,25,26)(H2,22,23,24). The predicted molar refractivity (Wildman–Crippen MR) is 105 cm³/mol. The molecule has 0 aromatic heterocycles. The molecule has 0 radical (unpaired) electrons. The number of benzene rings is 2. The van der Waals surface area contributed by atoms with E-state index in [1.807, 2.05) is 19.9 Å². The van der Waals surface area contributed by atoms with Crippen molar-refractivity contribution in [2.45, 2.75) is 38.3 Å². The summed E-state index contributed by atoms with van der Waals surface area (Å²) in [5.41, 5.74) is 2.27. The lowest BCUT2D eigenvalue weighted by Gasteiger charge is -2.18. The Balaban J connectivity index is 2.10. The van der Waals surface area contributed by atoms with Crippen LogP contribution in [0.1, 0.15) is 36.6 Å². The van der Waals surface area contributed by atoms with E-state index in [9.17, 15) is 12.8 Å². The maximum absolute atomic E-state index is 13.8. The molecule has 0 saturated carbocycles. The van der Waals surface area contributed by atoms with Gasteiger partial charge in [0.1, 0.15) is 5.82 Å². The number of aliphatic imine (C=N–C) groups is 1. The summed E-state index contributed by atoms with van der Waals surface area (Å²) in [4.78, 5) is 4.57. The average molecular weight is 393 g/mol. The van der Waals surface area contributed by atoms with Gasteiger partial charge in [0.15, 0.2) is 5.96 Å². The maximum Gasteiger partial charge on any atom is 0.238 e. The predicted octanol–water partition coefficient (Wildman–Crippen LogP) is 2.60. The van der Waals surface area contributed by atoms with E-state index in [-0.39, 0.29) is 16.8 Å². The Morgan fingerprint density at radius 1 is 1.22 bits per heavy atom. The van der Waals surface area contributed by atoms with E-state index in [1.54, 1.807) is 25.1 Å². The molecular formula is C19H25FN4O2S. The van der Waals surface area contributed by atoms with E-state index in [0.717, 1.165) is 11.1 Å². The fourth-order valence-electron chi connectivity index (χ4n) is 2.44. The van der Waals surface area contributed by atoms with Gasteiger partial charge in [0.25, 0.3) is 0 Å². The third-order valence-electron chi connectivity index (χ3n) is 4.06. The van der Waals surface area contributed by atoms with Crippen LogP contribution in [-0.4, -0.2) is 20.9 Å². The molecule has 6 nitrogen and oxygen atoms in total. The molecule has 0 aliphatic carbocycles. The molecular weight excluding hydrogens is 367 g/mol. The summed E-state index contributed by atoms with van der Waals surface area (Å²) >= 11 is 0. The lowest BCUT2D eigenvalue weighted by molar-refractivity contribution is 0.597. The van der Waals surface area contributed by atoms with Gasteiger partial charge in [-0.05, 0) is 55.7 Å². The summed E-state index contributed by atoms with van der Waals surface area (Å²) < 4.78 is 36.4. The van der Waals surface area contributed by atoms with Crippen LogP contribution in [0.3, 0.4) is 0 Å². The Kier molecular flexibility index (Phi) is 6.92. The first-order valence-corrected chi connectivity index (χ1v) is 10.2. The Morgan fingerprint density at radius 2 is 1.89 bits per heavy atom. The minimum Gasteiger partial charge on any atom is -0.357 e. The van der Waals surface area contributed by atoms with Gasteiger partial charge in [0.05, 0.1) is 17.5 Å². The summed E-state index contributed by atoms with van der Waals surface area (Å²) in [6.45, 7) is 6.64. The molecule has 146 valence electrons. The first kappa shape index (κ1) is 20.9. The van der Waals surface area contributed by atoms with E-state index in [2.05, 4.69) is 15.6 Å². The van der Waals surface area contributed by atoms with Gasteiger partial charge in [-0.15, -0.1) is 0 Å². The molecule has 2 rings (SSSR count). The fourth-order valence-corrected chi connectivity index (χ4v) is 2.96. The fraction of sp³-hybridized carbons (Fsp3) is 0.316. The van der Waals surface area contributed by atoms with Crippen LogP contribution in [-0.2, 0) is 16.6 Å². The van der Waals surface area contributed by atoms with Gasteiger partial charge in [0, 0.05) is 6.54 Å². The summed E-state index contributed by atoms with van der Waals surface area (Å²) in [5.74, 6) is 0.347. The van der Waals surface area contributed by atoms with Gasteiger partial charge >= 0.3 is 0 Å². The minimum absolute atomic E-state index is 0.0651. The van der Waals surface area contributed by atoms with Crippen molar-refractivity contribution in [3.05, 3.63) is 65.0 Å². The van der Waals surface area contributed by atoms with Gasteiger partial charge < -0.3 is 10.6 Å². The molecule has 0 heterocycles. The first-order valence-electron chi connectivity index (χ1n) is 8.63. The van der Waals surface area contributed by atoms with E-state index in [1.165, 1.54) is 18.2 Å². The Labute approximate surface area is 159 Å². The van der Waals surface area contributed by atoms with E-state index < -0.39 is 10.0 Å². The first-order chi connectivity index (χ1) is 12.7. The van der Waals surface area contributed by atoms with Crippen LogP contribution >= 0.6 is 0 Å². The highest BCUT2D eigenvalue weighted by atomic mass is 32.2. The number of rotatable bonds is 6. The molecule has 0 bridgehead atoms. The van der Waals surface area contributed by atoms with Crippen LogP contribution in [0.2, 0.25) is 0 Å². The second-order valence-electron chi connectivity index (χ2n) is 6.26. The molecule has 0 fully saturated rings. The van der Waals surface area contributed by atoms with E-state index in [0.29, 0.717) is 24.6 Å². The molecule has 27 heavy (non-hydrogen) atoms. The quantitative estimate of drug-likeness (QED) is 0.520. The van der Waals surface area contributed by atoms with Crippen LogP contribution in [0.5, 0.6) is 0 Å². The molecule has 0 saturated heterocycles. The highest BCUT2D eigenvalue weighted by molar-refractivity contribution is 7.89. The second-order valence-corrected chi connectivity index (χ2v) is 7.82. The summed E-state index contributed by atoms with van der Waals surface area (Å²) in [6, 6.07) is 11.3. The molecule has 1 unspecified atom stereocenters. The van der Waals surface area contributed by atoms with Crippen LogP contribution in [0, 0.1) is 12.7 Å². The maximum atomic E-state index is 13.8. The summed E-state index contributed by atoms with van der Waals surface area (Å²) in [6.07, 6.45) is 0. The zero-order valence-corrected chi connectivity index (χ0v) is 16.5. The van der Waals surface area contributed by atoms with Crippen molar-refractivity contribution in [2.24, 2.45) is 10.1 Å². The Hall–Kier alpha value is -2.45. The van der Waals surface area contributed by atoms with Gasteiger partial charge in [0.2, 0.25) is 10.0 Å². The highest BCUT2D eigenvalue weighted by Gasteiger charge is 2.10. The number of aryl methyl sites for hydroxylation is 1. The Bertz CT molecular complexity index is 912. The van der Waals surface area contributed by atoms with Gasteiger partial charge in [-0.25, -0.2) is 22.9 Å². The molecule has 2 aromatic rings. The number of guanidine groups is 1. The Morgan fingerprint density at radius 3 is 2.44 bits per heavy atom. The van der Waals surface area contributed by atoms with Crippen LogP contribution in [0.4, 0.5) is 4.39 Å². The topological polar surface area (TPSA) is 96.6 Å². The lowest BCUT2D eigenvalue weighted by Crippen LogP contribution is -2.38. The van der Waals surface area contributed by atoms with Crippen LogP contribution in [0.15, 0.2) is 52.4 Å². The highest BCUT2D eigenvalue weighted by Crippen LogP contribution is 2.16. The summed E-state index contributed by atoms with van der Waals surface area (Å²) in [7, 11) is -3.70.